The second-order valence-electron chi connectivity index (χ2n) is 10.3. The number of unbranched alkanes of at least 4 members (excludes halogenated alkanes) is 1. The van der Waals surface area contributed by atoms with E-state index in [0.29, 0.717) is 11.3 Å². The van der Waals surface area contributed by atoms with Crippen LogP contribution in [0.1, 0.15) is 114 Å². The molecule has 1 aromatic rings. The fourth-order valence-electron chi connectivity index (χ4n) is 6.42. The Labute approximate surface area is 182 Å². The van der Waals surface area contributed by atoms with E-state index in [4.69, 9.17) is 0 Å². The fraction of sp³-hybridized carbons (Fsp3) is 0.778. The predicted molar refractivity (Wildman–Crippen MR) is 125 cm³/mol. The van der Waals surface area contributed by atoms with E-state index in [1.165, 1.54) is 101 Å². The lowest BCUT2D eigenvalue weighted by atomic mass is 9.68. The van der Waals surface area contributed by atoms with Gasteiger partial charge in [-0.15, -0.1) is 0 Å². The third-order valence-corrected chi connectivity index (χ3v) is 9.73. The molecule has 0 atom stereocenters. The lowest BCUT2D eigenvalue weighted by Gasteiger charge is -2.40. The maximum atomic E-state index is 13.7. The van der Waals surface area contributed by atoms with Gasteiger partial charge in [0, 0.05) is 9.52 Å². The van der Waals surface area contributed by atoms with Gasteiger partial charge < -0.3 is 0 Å². The minimum Gasteiger partial charge on any atom is -0.207 e. The number of hydrogen-bond acceptors (Lipinski definition) is 0. The molecule has 0 N–H and O–H groups in total. The molecule has 0 aromatic heterocycles. The van der Waals surface area contributed by atoms with Crippen molar-refractivity contribution in [3.05, 3.63) is 35.1 Å². The van der Waals surface area contributed by atoms with E-state index in [9.17, 15) is 4.39 Å². The van der Waals surface area contributed by atoms with Crippen LogP contribution in [0.25, 0.3) is 0 Å². The molecule has 2 saturated carbocycles. The number of rotatable bonds is 9. The van der Waals surface area contributed by atoms with Gasteiger partial charge in [0.25, 0.3) is 0 Å². The summed E-state index contributed by atoms with van der Waals surface area (Å²) in [6, 6.07) is 5.35. The molecule has 0 spiro atoms. The van der Waals surface area contributed by atoms with Gasteiger partial charge in [-0.2, -0.15) is 0 Å². The summed E-state index contributed by atoms with van der Waals surface area (Å²) in [7, 11) is 1.15. The van der Waals surface area contributed by atoms with Crippen LogP contribution in [0.15, 0.2) is 18.2 Å². The maximum absolute atomic E-state index is 13.7. The highest BCUT2D eigenvalue weighted by Gasteiger charge is 2.33. The normalized spacial score (nSPS) is 30.4. The van der Waals surface area contributed by atoms with Gasteiger partial charge in [0.2, 0.25) is 0 Å². The molecule has 2 aliphatic rings. The molecule has 0 aliphatic heterocycles. The van der Waals surface area contributed by atoms with Crippen molar-refractivity contribution in [2.24, 2.45) is 11.3 Å². The Morgan fingerprint density at radius 3 is 2.38 bits per heavy atom. The molecule has 2 aliphatic carbocycles. The molecule has 0 bridgehead atoms. The third kappa shape index (κ3) is 6.42. The van der Waals surface area contributed by atoms with Crippen LogP contribution in [0.4, 0.5) is 4.39 Å². The van der Waals surface area contributed by atoms with Crippen molar-refractivity contribution in [1.29, 1.82) is 0 Å². The summed E-state index contributed by atoms with van der Waals surface area (Å²) in [5.41, 5.74) is 4.27. The van der Waals surface area contributed by atoms with E-state index in [-0.39, 0.29) is 5.82 Å². The first-order chi connectivity index (χ1) is 14.0. The molecule has 3 rings (SSSR count). The van der Waals surface area contributed by atoms with Crippen LogP contribution in [0.3, 0.4) is 0 Å². The van der Waals surface area contributed by atoms with Crippen LogP contribution in [0, 0.1) is 24.1 Å². The van der Waals surface area contributed by atoms with Crippen molar-refractivity contribution in [2.45, 2.75) is 122 Å². The highest BCUT2D eigenvalue weighted by Crippen LogP contribution is 2.48. The Hall–Kier alpha value is -0.633. The Kier molecular flexibility index (Phi) is 8.83. The second-order valence-corrected chi connectivity index (χ2v) is 11.7. The molecule has 0 nitrogen and oxygen atoms in total. The van der Waals surface area contributed by atoms with Crippen LogP contribution in [-0.4, -0.2) is 9.52 Å². The van der Waals surface area contributed by atoms with Gasteiger partial charge in [-0.05, 0) is 104 Å². The van der Waals surface area contributed by atoms with E-state index in [2.05, 4.69) is 20.4 Å². The molecule has 0 amide bonds. The minimum absolute atomic E-state index is 0.0674. The molecule has 1 aromatic carbocycles. The highest BCUT2D eigenvalue weighted by molar-refractivity contribution is 6.35. The second kappa shape index (κ2) is 11.1. The first kappa shape index (κ1) is 23.0. The molecule has 162 valence electrons. The third-order valence-electron chi connectivity index (χ3n) is 8.33. The van der Waals surface area contributed by atoms with Crippen LogP contribution in [-0.2, 0) is 0 Å². The molecule has 29 heavy (non-hydrogen) atoms. The molecule has 0 unspecified atom stereocenters. The smallest absolute Gasteiger partial charge is 0.123 e. The van der Waals surface area contributed by atoms with Gasteiger partial charge in [0.15, 0.2) is 0 Å². The topological polar surface area (TPSA) is 0 Å². The summed E-state index contributed by atoms with van der Waals surface area (Å²) in [5.74, 6) is 1.44. The van der Waals surface area contributed by atoms with Crippen LogP contribution in [0.5, 0.6) is 0 Å². The first-order valence-electron chi connectivity index (χ1n) is 12.5. The Balaban J connectivity index is 1.38. The minimum atomic E-state index is -0.0674. The zero-order chi connectivity index (χ0) is 20.7. The van der Waals surface area contributed by atoms with Crippen molar-refractivity contribution in [2.75, 3.05) is 0 Å². The van der Waals surface area contributed by atoms with E-state index in [0.717, 1.165) is 21.0 Å². The zero-order valence-electron chi connectivity index (χ0n) is 19.2. The SMILES string of the molecule is CCCC1(CCCCC2CCC(c3cc(F)ccc3C)CC2)CCC([Si]C)CC1. The van der Waals surface area contributed by atoms with E-state index in [1.807, 2.05) is 6.07 Å². The van der Waals surface area contributed by atoms with Gasteiger partial charge in [0.1, 0.15) is 5.82 Å². The van der Waals surface area contributed by atoms with Crippen LogP contribution < -0.4 is 0 Å². The van der Waals surface area contributed by atoms with Crippen molar-refractivity contribution >= 4 is 9.52 Å². The number of aryl methyl sites for hydroxylation is 1. The Bertz CT molecular complexity index is 609. The molecule has 2 radical (unpaired) electrons. The lowest BCUT2D eigenvalue weighted by Crippen LogP contribution is -2.27. The zero-order valence-corrected chi connectivity index (χ0v) is 20.2. The van der Waals surface area contributed by atoms with Crippen molar-refractivity contribution < 1.29 is 4.39 Å². The van der Waals surface area contributed by atoms with Gasteiger partial charge in [-0.1, -0.05) is 58.1 Å². The monoisotopic (exact) mass is 414 g/mol. The number of benzene rings is 1. The summed E-state index contributed by atoms with van der Waals surface area (Å²) in [6.45, 7) is 6.93. The number of hydrogen-bond donors (Lipinski definition) is 0. The van der Waals surface area contributed by atoms with Crippen LogP contribution >= 0.6 is 0 Å². The number of halogens is 1. The largest absolute Gasteiger partial charge is 0.207 e. The Morgan fingerprint density at radius 1 is 1.00 bits per heavy atom. The quantitative estimate of drug-likeness (QED) is 0.279. The summed E-state index contributed by atoms with van der Waals surface area (Å²) >= 11 is 0. The molecule has 2 heteroatoms. The predicted octanol–water partition coefficient (Wildman–Crippen LogP) is 8.87. The van der Waals surface area contributed by atoms with Crippen LogP contribution in [0.2, 0.25) is 12.1 Å². The van der Waals surface area contributed by atoms with Gasteiger partial charge >= 0.3 is 0 Å². The summed E-state index contributed by atoms with van der Waals surface area (Å²) in [6.07, 6.45) is 19.8. The molecular weight excluding hydrogens is 371 g/mol. The Morgan fingerprint density at radius 2 is 1.72 bits per heavy atom. The van der Waals surface area contributed by atoms with Crippen molar-refractivity contribution in [3.63, 3.8) is 0 Å². The standard InChI is InChI=1S/C27H43FSi/c1-4-16-27(18-14-25(29-3)15-19-27)17-6-5-7-22-9-11-23(12-10-22)26-20-24(28)13-8-21(26)2/h8,13,20,22-23,25H,4-7,9-12,14-19H2,1-3H3. The van der Waals surface area contributed by atoms with Gasteiger partial charge in [0.05, 0.1) is 0 Å². The van der Waals surface area contributed by atoms with Gasteiger partial charge in [-0.25, -0.2) is 4.39 Å². The highest BCUT2D eigenvalue weighted by atomic mass is 28.2. The average Bonchev–Trinajstić information content (AvgIpc) is 2.74. The first-order valence-corrected chi connectivity index (χ1v) is 14.1. The van der Waals surface area contributed by atoms with Gasteiger partial charge in [-0.3, -0.25) is 0 Å². The van der Waals surface area contributed by atoms with E-state index in [1.54, 1.807) is 12.1 Å². The van der Waals surface area contributed by atoms with E-state index < -0.39 is 0 Å². The van der Waals surface area contributed by atoms with E-state index >= 15 is 0 Å². The van der Waals surface area contributed by atoms with Crippen molar-refractivity contribution in [1.82, 2.24) is 0 Å². The lowest BCUT2D eigenvalue weighted by molar-refractivity contribution is 0.148. The average molecular weight is 415 g/mol. The van der Waals surface area contributed by atoms with Crippen molar-refractivity contribution in [3.8, 4) is 0 Å². The summed E-state index contributed by atoms with van der Waals surface area (Å²) in [4.78, 5) is 0. The molecular formula is C27H43FSi. The fourth-order valence-corrected chi connectivity index (χ4v) is 7.29. The summed E-state index contributed by atoms with van der Waals surface area (Å²) in [5, 5.41) is 0. The maximum Gasteiger partial charge on any atom is 0.123 e. The molecule has 0 heterocycles. The summed E-state index contributed by atoms with van der Waals surface area (Å²) < 4.78 is 13.7. The molecule has 2 fully saturated rings. The molecule has 0 saturated heterocycles.